The second-order valence-corrected chi connectivity index (χ2v) is 6.48. The highest BCUT2D eigenvalue weighted by molar-refractivity contribution is 7.91. The molecule has 0 radical (unpaired) electrons. The van der Waals surface area contributed by atoms with Crippen LogP contribution in [0.4, 0.5) is 11.6 Å². The van der Waals surface area contributed by atoms with Gasteiger partial charge >= 0.3 is 0 Å². The molecule has 2 rings (SSSR count). The summed E-state index contributed by atoms with van der Waals surface area (Å²) in [6.45, 7) is 0. The minimum Gasteiger partial charge on any atom is -0.373 e. The molecule has 0 spiro atoms. The lowest BCUT2D eigenvalue weighted by Gasteiger charge is -2.23. The summed E-state index contributed by atoms with van der Waals surface area (Å²) in [6, 6.07) is 5.58. The highest BCUT2D eigenvalue weighted by Gasteiger charge is 2.24. The minimum absolute atomic E-state index is 0.0200. The van der Waals surface area contributed by atoms with Crippen LogP contribution >= 0.6 is 0 Å². The first-order valence-electron chi connectivity index (χ1n) is 5.71. The molecule has 0 amide bonds. The molecule has 0 aliphatic carbocycles. The lowest BCUT2D eigenvalue weighted by molar-refractivity contribution is 0.561. The van der Waals surface area contributed by atoms with E-state index in [0.29, 0.717) is 5.75 Å². The van der Waals surface area contributed by atoms with Crippen molar-refractivity contribution in [2.45, 2.75) is 18.9 Å². The summed E-state index contributed by atoms with van der Waals surface area (Å²) in [6.07, 6.45) is 1.61. The van der Waals surface area contributed by atoms with Crippen molar-refractivity contribution in [2.75, 3.05) is 29.2 Å². The van der Waals surface area contributed by atoms with Crippen molar-refractivity contribution in [2.24, 2.45) is 0 Å². The Balaban J connectivity index is 2.05. The van der Waals surface area contributed by atoms with Gasteiger partial charge in [-0.2, -0.15) is 0 Å². The van der Waals surface area contributed by atoms with Crippen LogP contribution in [0.5, 0.6) is 0 Å². The maximum atomic E-state index is 11.5. The van der Waals surface area contributed by atoms with Crippen molar-refractivity contribution < 1.29 is 8.42 Å². The van der Waals surface area contributed by atoms with E-state index in [-0.39, 0.29) is 11.8 Å². The molecule has 0 bridgehead atoms. The highest BCUT2D eigenvalue weighted by Crippen LogP contribution is 2.17. The van der Waals surface area contributed by atoms with Crippen LogP contribution in [0.15, 0.2) is 18.2 Å². The average molecular weight is 255 g/mol. The van der Waals surface area contributed by atoms with Gasteiger partial charge in [-0.3, -0.25) is 0 Å². The van der Waals surface area contributed by atoms with Gasteiger partial charge in [0.25, 0.3) is 0 Å². The topological polar surface area (TPSA) is 71.1 Å². The molecule has 6 heteroatoms. The number of rotatable bonds is 3. The van der Waals surface area contributed by atoms with Gasteiger partial charge in [-0.1, -0.05) is 6.07 Å². The van der Waals surface area contributed by atoms with Gasteiger partial charge in [0, 0.05) is 13.1 Å². The van der Waals surface area contributed by atoms with Crippen LogP contribution in [0.3, 0.4) is 0 Å². The molecule has 0 aromatic carbocycles. The standard InChI is InChI=1S/C11H17N3O2S/c1-12-10-5-2-6-11(14-10)13-9-4-3-7-17(15,16)8-9/h2,5-6,9H,3-4,7-8H2,1H3,(H2,12,13,14). The summed E-state index contributed by atoms with van der Waals surface area (Å²) < 4.78 is 23.0. The molecule has 1 aromatic rings. The maximum Gasteiger partial charge on any atom is 0.152 e. The molecule has 17 heavy (non-hydrogen) atoms. The summed E-state index contributed by atoms with van der Waals surface area (Å²) in [5, 5.41) is 6.13. The number of anilines is 2. The van der Waals surface area contributed by atoms with Crippen LogP contribution in [0.1, 0.15) is 12.8 Å². The Morgan fingerprint density at radius 1 is 1.35 bits per heavy atom. The van der Waals surface area contributed by atoms with E-state index in [4.69, 9.17) is 0 Å². The fourth-order valence-corrected chi connectivity index (χ4v) is 3.64. The quantitative estimate of drug-likeness (QED) is 0.846. The number of hydrogen-bond acceptors (Lipinski definition) is 5. The van der Waals surface area contributed by atoms with Gasteiger partial charge in [-0.05, 0) is 25.0 Å². The van der Waals surface area contributed by atoms with Crippen LogP contribution < -0.4 is 10.6 Å². The normalized spacial score (nSPS) is 23.0. The SMILES string of the molecule is CNc1cccc(NC2CCCS(=O)(=O)C2)n1. The molecule has 5 nitrogen and oxygen atoms in total. The number of nitrogens with zero attached hydrogens (tertiary/aromatic N) is 1. The maximum absolute atomic E-state index is 11.5. The van der Waals surface area contributed by atoms with Crippen molar-refractivity contribution >= 4 is 21.5 Å². The predicted molar refractivity (Wildman–Crippen MR) is 69.1 cm³/mol. The Morgan fingerprint density at radius 3 is 2.82 bits per heavy atom. The first-order valence-corrected chi connectivity index (χ1v) is 7.53. The van der Waals surface area contributed by atoms with Crippen LogP contribution in [0, 0.1) is 0 Å². The van der Waals surface area contributed by atoms with Crippen molar-refractivity contribution in [3.05, 3.63) is 18.2 Å². The van der Waals surface area contributed by atoms with Crippen molar-refractivity contribution in [3.8, 4) is 0 Å². The Labute approximate surface area is 102 Å². The molecule has 1 aromatic heterocycles. The van der Waals surface area contributed by atoms with Crippen molar-refractivity contribution in [1.82, 2.24) is 4.98 Å². The van der Waals surface area contributed by atoms with Gasteiger partial charge in [-0.15, -0.1) is 0 Å². The number of pyridine rings is 1. The zero-order chi connectivity index (χ0) is 12.3. The first kappa shape index (κ1) is 12.2. The van der Waals surface area contributed by atoms with Crippen molar-refractivity contribution in [1.29, 1.82) is 0 Å². The molecule has 1 aliphatic heterocycles. The van der Waals surface area contributed by atoms with Gasteiger partial charge in [-0.25, -0.2) is 13.4 Å². The van der Waals surface area contributed by atoms with Gasteiger partial charge < -0.3 is 10.6 Å². The molecule has 2 N–H and O–H groups in total. The van der Waals surface area contributed by atoms with E-state index >= 15 is 0 Å². The van der Waals surface area contributed by atoms with E-state index in [2.05, 4.69) is 15.6 Å². The van der Waals surface area contributed by atoms with Crippen LogP contribution in [0.25, 0.3) is 0 Å². The third-order valence-corrected chi connectivity index (χ3v) is 4.64. The molecule has 2 heterocycles. The summed E-state index contributed by atoms with van der Waals surface area (Å²) in [7, 11) is -1.07. The third-order valence-electron chi connectivity index (χ3n) is 2.82. The Hall–Kier alpha value is -1.30. The highest BCUT2D eigenvalue weighted by atomic mass is 32.2. The van der Waals surface area contributed by atoms with E-state index < -0.39 is 9.84 Å². The fraction of sp³-hybridized carbons (Fsp3) is 0.545. The van der Waals surface area contributed by atoms with Crippen molar-refractivity contribution in [3.63, 3.8) is 0 Å². The van der Waals surface area contributed by atoms with Gasteiger partial charge in [0.05, 0.1) is 11.5 Å². The molecule has 1 aliphatic rings. The van der Waals surface area contributed by atoms with E-state index in [0.717, 1.165) is 24.5 Å². The molecule has 1 atom stereocenters. The Kier molecular flexibility index (Phi) is 3.51. The minimum atomic E-state index is -2.87. The zero-order valence-corrected chi connectivity index (χ0v) is 10.6. The van der Waals surface area contributed by atoms with Crippen LogP contribution in [0.2, 0.25) is 0 Å². The molecule has 1 saturated heterocycles. The number of hydrogen-bond donors (Lipinski definition) is 2. The molecule has 1 fully saturated rings. The molecule has 1 unspecified atom stereocenters. The van der Waals surface area contributed by atoms with Gasteiger partial charge in [0.2, 0.25) is 0 Å². The second-order valence-electron chi connectivity index (χ2n) is 4.26. The van der Waals surface area contributed by atoms with E-state index in [1.54, 1.807) is 7.05 Å². The summed E-state index contributed by atoms with van der Waals surface area (Å²) in [4.78, 5) is 4.32. The van der Waals surface area contributed by atoms with Crippen LogP contribution in [-0.2, 0) is 9.84 Å². The largest absolute Gasteiger partial charge is 0.373 e. The summed E-state index contributed by atoms with van der Waals surface area (Å²) in [5.74, 6) is 2.01. The molecular weight excluding hydrogens is 238 g/mol. The molecule has 0 saturated carbocycles. The monoisotopic (exact) mass is 255 g/mol. The lowest BCUT2D eigenvalue weighted by atomic mass is 10.2. The fourth-order valence-electron chi connectivity index (χ4n) is 2.00. The smallest absolute Gasteiger partial charge is 0.152 e. The first-order chi connectivity index (χ1) is 8.09. The Morgan fingerprint density at radius 2 is 2.12 bits per heavy atom. The third kappa shape index (κ3) is 3.33. The number of nitrogens with one attached hydrogen (secondary N) is 2. The van der Waals surface area contributed by atoms with Gasteiger partial charge in [0.1, 0.15) is 11.6 Å². The Bertz CT molecular complexity index is 487. The van der Waals surface area contributed by atoms with Gasteiger partial charge in [0.15, 0.2) is 9.84 Å². The second kappa shape index (κ2) is 4.91. The predicted octanol–water partition coefficient (Wildman–Crippen LogP) is 1.11. The summed E-state index contributed by atoms with van der Waals surface area (Å²) >= 11 is 0. The molecule has 94 valence electrons. The van der Waals surface area contributed by atoms with E-state index in [9.17, 15) is 8.42 Å². The van der Waals surface area contributed by atoms with E-state index in [1.165, 1.54) is 0 Å². The van der Waals surface area contributed by atoms with Crippen LogP contribution in [-0.4, -0.2) is 38.0 Å². The molecular formula is C11H17N3O2S. The zero-order valence-electron chi connectivity index (χ0n) is 9.81. The number of aromatic nitrogens is 1. The number of sulfone groups is 1. The average Bonchev–Trinajstić information content (AvgIpc) is 2.28. The van der Waals surface area contributed by atoms with E-state index in [1.807, 2.05) is 18.2 Å². The summed E-state index contributed by atoms with van der Waals surface area (Å²) in [5.41, 5.74) is 0. The lowest BCUT2D eigenvalue weighted by Crippen LogP contribution is -2.35.